The maximum absolute atomic E-state index is 13.5. The van der Waals surface area contributed by atoms with Crippen LogP contribution >= 0.6 is 15.9 Å². The van der Waals surface area contributed by atoms with Gasteiger partial charge in [-0.3, -0.25) is 0 Å². The highest BCUT2D eigenvalue weighted by molar-refractivity contribution is 9.10. The molecule has 0 saturated carbocycles. The molecule has 1 aromatic rings. The third-order valence-corrected chi connectivity index (χ3v) is 4.14. The van der Waals surface area contributed by atoms with E-state index in [0.29, 0.717) is 10.9 Å². The van der Waals surface area contributed by atoms with Crippen molar-refractivity contribution in [1.82, 2.24) is 4.72 Å². The molecule has 0 amide bonds. The van der Waals surface area contributed by atoms with Crippen molar-refractivity contribution in [2.24, 2.45) is 0 Å². The summed E-state index contributed by atoms with van der Waals surface area (Å²) >= 11 is 3.02. The number of hydrogen-bond donors (Lipinski definition) is 2. The van der Waals surface area contributed by atoms with Crippen LogP contribution in [-0.4, -0.2) is 15.0 Å². The fourth-order valence-electron chi connectivity index (χ4n) is 1.12. The Kier molecular flexibility index (Phi) is 4.67. The normalized spacial score (nSPS) is 11.4. The van der Waals surface area contributed by atoms with Gasteiger partial charge >= 0.3 is 0 Å². The molecule has 0 atom stereocenters. The highest BCUT2D eigenvalue weighted by Gasteiger charge is 2.19. The van der Waals surface area contributed by atoms with Gasteiger partial charge in [-0.25, -0.2) is 17.5 Å². The first-order valence-electron chi connectivity index (χ1n) is 4.73. The fourth-order valence-corrected chi connectivity index (χ4v) is 2.58. The van der Waals surface area contributed by atoms with Crippen LogP contribution in [0, 0.1) is 5.82 Å². The summed E-state index contributed by atoms with van der Waals surface area (Å²) in [4.78, 5) is -0.456. The zero-order valence-electron chi connectivity index (χ0n) is 8.91. The Labute approximate surface area is 108 Å². The maximum Gasteiger partial charge on any atom is 0.243 e. The van der Waals surface area contributed by atoms with Crippen LogP contribution < -0.4 is 10.5 Å². The molecule has 0 saturated heterocycles. The summed E-state index contributed by atoms with van der Waals surface area (Å²) in [5, 5.41) is 0. The van der Waals surface area contributed by atoms with E-state index in [0.717, 1.165) is 12.1 Å². The zero-order valence-corrected chi connectivity index (χ0v) is 11.3. The van der Waals surface area contributed by atoms with Gasteiger partial charge in [0.15, 0.2) is 0 Å². The van der Waals surface area contributed by atoms with E-state index < -0.39 is 20.7 Å². The van der Waals surface area contributed by atoms with Gasteiger partial charge in [0, 0.05) is 16.7 Å². The van der Waals surface area contributed by atoms with Crippen LogP contribution in [0.4, 0.5) is 10.1 Å². The van der Waals surface area contributed by atoms with Crippen LogP contribution in [0.5, 0.6) is 0 Å². The zero-order chi connectivity index (χ0) is 13.1. The van der Waals surface area contributed by atoms with E-state index in [4.69, 9.17) is 5.73 Å². The molecule has 0 bridgehead atoms. The Balaban J connectivity index is 3.06. The minimum atomic E-state index is -3.88. The number of nitrogens with one attached hydrogen (secondary N) is 1. The van der Waals surface area contributed by atoms with Crippen LogP contribution in [0.3, 0.4) is 0 Å². The first-order chi connectivity index (χ1) is 7.88. The standard InChI is InChI=1S/C10H12BrFN2O2S/c1-2-3-4-14-17(15,16)10-6-9(13)7(11)5-8(10)12/h2,5-6,14H,1,3-4,13H2. The Morgan fingerprint density at radius 1 is 1.53 bits per heavy atom. The molecule has 7 heteroatoms. The average molecular weight is 323 g/mol. The Bertz CT molecular complexity index is 531. The van der Waals surface area contributed by atoms with E-state index in [1.165, 1.54) is 0 Å². The number of halogens is 2. The summed E-state index contributed by atoms with van der Waals surface area (Å²) in [5.41, 5.74) is 5.68. The minimum Gasteiger partial charge on any atom is -0.398 e. The van der Waals surface area contributed by atoms with E-state index in [-0.39, 0.29) is 12.2 Å². The smallest absolute Gasteiger partial charge is 0.243 e. The number of sulfonamides is 1. The van der Waals surface area contributed by atoms with Crippen molar-refractivity contribution in [2.75, 3.05) is 12.3 Å². The Hall–Kier alpha value is -0.920. The summed E-state index contributed by atoms with van der Waals surface area (Å²) in [6.07, 6.45) is 2.03. The molecule has 0 heterocycles. The number of anilines is 1. The SMILES string of the molecule is C=CCCNS(=O)(=O)c1cc(N)c(Br)cc1F. The van der Waals surface area contributed by atoms with Crippen LogP contribution in [-0.2, 0) is 10.0 Å². The van der Waals surface area contributed by atoms with Gasteiger partial charge in [-0.05, 0) is 34.5 Å². The predicted molar refractivity (Wildman–Crippen MR) is 68.5 cm³/mol. The van der Waals surface area contributed by atoms with Gasteiger partial charge < -0.3 is 5.73 Å². The van der Waals surface area contributed by atoms with Crippen LogP contribution in [0.1, 0.15) is 6.42 Å². The maximum atomic E-state index is 13.5. The summed E-state index contributed by atoms with van der Waals surface area (Å²) in [6.45, 7) is 3.63. The molecule has 0 radical (unpaired) electrons. The third-order valence-electron chi connectivity index (χ3n) is 1.98. The van der Waals surface area contributed by atoms with Gasteiger partial charge in [0.2, 0.25) is 10.0 Å². The molecule has 0 fully saturated rings. The van der Waals surface area contributed by atoms with Crippen molar-refractivity contribution in [3.05, 3.63) is 35.1 Å². The molecule has 0 aliphatic carbocycles. The van der Waals surface area contributed by atoms with Crippen molar-refractivity contribution in [3.8, 4) is 0 Å². The van der Waals surface area contributed by atoms with E-state index in [1.807, 2.05) is 0 Å². The van der Waals surface area contributed by atoms with Crippen molar-refractivity contribution < 1.29 is 12.8 Å². The second-order valence-electron chi connectivity index (χ2n) is 3.28. The lowest BCUT2D eigenvalue weighted by molar-refractivity contribution is 0.557. The van der Waals surface area contributed by atoms with Crippen LogP contribution in [0.15, 0.2) is 34.2 Å². The lowest BCUT2D eigenvalue weighted by Crippen LogP contribution is -2.25. The number of benzene rings is 1. The van der Waals surface area contributed by atoms with Gasteiger partial charge in [-0.2, -0.15) is 0 Å². The van der Waals surface area contributed by atoms with E-state index in [1.54, 1.807) is 6.08 Å². The van der Waals surface area contributed by atoms with Crippen molar-refractivity contribution in [2.45, 2.75) is 11.3 Å². The molecule has 1 rings (SSSR count). The Morgan fingerprint density at radius 3 is 2.76 bits per heavy atom. The molecule has 0 aromatic heterocycles. The van der Waals surface area contributed by atoms with E-state index in [2.05, 4.69) is 27.2 Å². The van der Waals surface area contributed by atoms with Crippen molar-refractivity contribution >= 4 is 31.6 Å². The van der Waals surface area contributed by atoms with Crippen molar-refractivity contribution in [1.29, 1.82) is 0 Å². The largest absolute Gasteiger partial charge is 0.398 e. The third kappa shape index (κ3) is 3.52. The van der Waals surface area contributed by atoms with Gasteiger partial charge in [0.05, 0.1) is 0 Å². The summed E-state index contributed by atoms with van der Waals surface area (Å²) in [5.74, 6) is -0.850. The van der Waals surface area contributed by atoms with Gasteiger partial charge in [-0.1, -0.05) is 6.08 Å². The number of nitrogen functional groups attached to an aromatic ring is 1. The second-order valence-corrected chi connectivity index (χ2v) is 5.87. The number of nitrogens with two attached hydrogens (primary N) is 1. The minimum absolute atomic E-state index is 0.162. The van der Waals surface area contributed by atoms with E-state index in [9.17, 15) is 12.8 Å². The van der Waals surface area contributed by atoms with Gasteiger partial charge in [0.25, 0.3) is 0 Å². The number of rotatable bonds is 5. The molecule has 4 nitrogen and oxygen atoms in total. The molecule has 0 unspecified atom stereocenters. The molecule has 0 aliphatic rings. The first-order valence-corrected chi connectivity index (χ1v) is 7.01. The molecule has 3 N–H and O–H groups in total. The first kappa shape index (κ1) is 14.1. The van der Waals surface area contributed by atoms with Crippen molar-refractivity contribution in [3.63, 3.8) is 0 Å². The van der Waals surface area contributed by atoms with Gasteiger partial charge in [-0.15, -0.1) is 6.58 Å². The number of hydrogen-bond acceptors (Lipinski definition) is 3. The quantitative estimate of drug-likeness (QED) is 0.495. The second kappa shape index (κ2) is 5.61. The fraction of sp³-hybridized carbons (Fsp3) is 0.200. The molecule has 17 heavy (non-hydrogen) atoms. The van der Waals surface area contributed by atoms with Crippen LogP contribution in [0.2, 0.25) is 0 Å². The molecule has 0 spiro atoms. The lowest BCUT2D eigenvalue weighted by atomic mass is 10.3. The molecule has 94 valence electrons. The Morgan fingerprint density at radius 2 is 2.18 bits per heavy atom. The monoisotopic (exact) mass is 322 g/mol. The highest BCUT2D eigenvalue weighted by Crippen LogP contribution is 2.25. The summed E-state index contributed by atoms with van der Waals surface area (Å²) < 4.78 is 39.6. The molecule has 1 aromatic carbocycles. The summed E-state index contributed by atoms with van der Waals surface area (Å²) in [7, 11) is -3.88. The highest BCUT2D eigenvalue weighted by atomic mass is 79.9. The average Bonchev–Trinajstić information content (AvgIpc) is 2.23. The molecule has 0 aliphatic heterocycles. The molecular formula is C10H12BrFN2O2S. The topological polar surface area (TPSA) is 72.2 Å². The predicted octanol–water partition coefficient (Wildman–Crippen LogP) is 2.02. The summed E-state index contributed by atoms with van der Waals surface area (Å²) in [6, 6.07) is 2.10. The van der Waals surface area contributed by atoms with E-state index >= 15 is 0 Å². The molecular weight excluding hydrogens is 311 g/mol. The van der Waals surface area contributed by atoms with Crippen LogP contribution in [0.25, 0.3) is 0 Å². The van der Waals surface area contributed by atoms with Gasteiger partial charge in [0.1, 0.15) is 10.7 Å². The lowest BCUT2D eigenvalue weighted by Gasteiger charge is -2.08.